The maximum Gasteiger partial charge on any atom is 0.224 e. The van der Waals surface area contributed by atoms with Crippen molar-refractivity contribution in [3.8, 4) is 0 Å². The number of benzene rings is 1. The van der Waals surface area contributed by atoms with Gasteiger partial charge in [-0.15, -0.1) is 0 Å². The van der Waals surface area contributed by atoms with E-state index in [1.54, 1.807) is 6.07 Å². The van der Waals surface area contributed by atoms with E-state index in [2.05, 4.69) is 5.32 Å². The van der Waals surface area contributed by atoms with Crippen molar-refractivity contribution in [2.45, 2.75) is 26.7 Å². The molecule has 0 bridgehead atoms. The van der Waals surface area contributed by atoms with E-state index in [4.69, 9.17) is 11.6 Å². The number of nitrogens with one attached hydrogen (secondary N) is 1. The minimum absolute atomic E-state index is 0.0154. The molecular formula is C12H15ClFNO. The zero-order chi connectivity index (χ0) is 12.1. The number of anilines is 1. The van der Waals surface area contributed by atoms with Crippen LogP contribution in [0.3, 0.4) is 0 Å². The summed E-state index contributed by atoms with van der Waals surface area (Å²) in [6.45, 7) is 4.07. The highest BCUT2D eigenvalue weighted by Gasteiger charge is 2.09. The molecule has 88 valence electrons. The molecule has 0 atom stereocenters. The Morgan fingerprint density at radius 3 is 2.81 bits per heavy atom. The molecule has 4 heteroatoms. The molecule has 1 amide bonds. The Hall–Kier alpha value is -1.09. The van der Waals surface area contributed by atoms with Crippen LogP contribution in [0.1, 0.15) is 26.7 Å². The fourth-order valence-electron chi connectivity index (χ4n) is 1.23. The number of carbonyl (C=O) groups excluding carboxylic acids is 1. The Kier molecular flexibility index (Phi) is 4.74. The van der Waals surface area contributed by atoms with E-state index in [0.29, 0.717) is 12.3 Å². The number of hydrogen-bond donors (Lipinski definition) is 1. The minimum atomic E-state index is -0.581. The SMILES string of the molecule is CC(C)CCC(=O)Nc1cccc(Cl)c1F. The maximum atomic E-state index is 13.4. The second-order valence-electron chi connectivity index (χ2n) is 4.08. The maximum absolute atomic E-state index is 13.4. The Morgan fingerprint density at radius 2 is 2.19 bits per heavy atom. The van der Waals surface area contributed by atoms with E-state index in [9.17, 15) is 9.18 Å². The lowest BCUT2D eigenvalue weighted by Crippen LogP contribution is -2.13. The van der Waals surface area contributed by atoms with Gasteiger partial charge in [0, 0.05) is 6.42 Å². The van der Waals surface area contributed by atoms with Gasteiger partial charge in [0.15, 0.2) is 5.82 Å². The number of carbonyl (C=O) groups is 1. The molecule has 0 heterocycles. The van der Waals surface area contributed by atoms with Crippen molar-refractivity contribution < 1.29 is 9.18 Å². The monoisotopic (exact) mass is 243 g/mol. The third-order valence-corrected chi connectivity index (χ3v) is 2.47. The van der Waals surface area contributed by atoms with E-state index in [1.807, 2.05) is 13.8 Å². The number of amides is 1. The highest BCUT2D eigenvalue weighted by molar-refractivity contribution is 6.31. The van der Waals surface area contributed by atoms with Crippen LogP contribution in [-0.2, 0) is 4.79 Å². The van der Waals surface area contributed by atoms with Crippen molar-refractivity contribution in [1.82, 2.24) is 0 Å². The molecule has 0 aliphatic rings. The fourth-order valence-corrected chi connectivity index (χ4v) is 1.41. The van der Waals surface area contributed by atoms with Crippen molar-refractivity contribution >= 4 is 23.2 Å². The molecule has 1 aromatic rings. The molecule has 0 aromatic heterocycles. The molecule has 0 unspecified atom stereocenters. The largest absolute Gasteiger partial charge is 0.324 e. The smallest absolute Gasteiger partial charge is 0.224 e. The van der Waals surface area contributed by atoms with Gasteiger partial charge in [0.2, 0.25) is 5.91 Å². The molecule has 0 aliphatic heterocycles. The van der Waals surface area contributed by atoms with Crippen LogP contribution in [0.4, 0.5) is 10.1 Å². The van der Waals surface area contributed by atoms with E-state index in [-0.39, 0.29) is 16.6 Å². The molecular weight excluding hydrogens is 229 g/mol. The van der Waals surface area contributed by atoms with E-state index in [0.717, 1.165) is 6.42 Å². The second-order valence-corrected chi connectivity index (χ2v) is 4.49. The third kappa shape index (κ3) is 3.81. The molecule has 1 aromatic carbocycles. The van der Waals surface area contributed by atoms with Crippen molar-refractivity contribution in [2.24, 2.45) is 5.92 Å². The standard InChI is InChI=1S/C12H15ClFNO/c1-8(2)6-7-11(16)15-10-5-3-4-9(13)12(10)14/h3-5,8H,6-7H2,1-2H3,(H,15,16). The Balaban J connectivity index is 2.59. The van der Waals surface area contributed by atoms with Crippen LogP contribution in [0.25, 0.3) is 0 Å². The van der Waals surface area contributed by atoms with Gasteiger partial charge in [-0.2, -0.15) is 0 Å². The molecule has 0 saturated carbocycles. The van der Waals surface area contributed by atoms with Crippen LogP contribution < -0.4 is 5.32 Å². The van der Waals surface area contributed by atoms with Crippen LogP contribution in [0.5, 0.6) is 0 Å². The van der Waals surface area contributed by atoms with Gasteiger partial charge in [-0.1, -0.05) is 31.5 Å². The minimum Gasteiger partial charge on any atom is -0.324 e. The lowest BCUT2D eigenvalue weighted by Gasteiger charge is -2.08. The Bertz CT molecular complexity index is 379. The van der Waals surface area contributed by atoms with Crippen LogP contribution in [-0.4, -0.2) is 5.91 Å². The van der Waals surface area contributed by atoms with Crippen LogP contribution in [0, 0.1) is 11.7 Å². The zero-order valence-electron chi connectivity index (χ0n) is 9.39. The van der Waals surface area contributed by atoms with Crippen LogP contribution >= 0.6 is 11.6 Å². The van der Waals surface area contributed by atoms with Gasteiger partial charge in [-0.25, -0.2) is 4.39 Å². The first-order valence-electron chi connectivity index (χ1n) is 5.24. The summed E-state index contributed by atoms with van der Waals surface area (Å²) in [5, 5.41) is 2.52. The van der Waals surface area contributed by atoms with Crippen molar-refractivity contribution in [2.75, 3.05) is 5.32 Å². The molecule has 1 rings (SSSR count). The quantitative estimate of drug-likeness (QED) is 0.855. The van der Waals surface area contributed by atoms with Crippen molar-refractivity contribution in [1.29, 1.82) is 0 Å². The predicted octanol–water partition coefficient (Wildman–Crippen LogP) is 3.85. The summed E-state index contributed by atoms with van der Waals surface area (Å²) in [6.07, 6.45) is 1.18. The first kappa shape index (κ1) is 13.0. The highest BCUT2D eigenvalue weighted by atomic mass is 35.5. The summed E-state index contributed by atoms with van der Waals surface area (Å²) in [7, 11) is 0. The van der Waals surface area contributed by atoms with Gasteiger partial charge in [0.1, 0.15) is 0 Å². The highest BCUT2D eigenvalue weighted by Crippen LogP contribution is 2.22. The first-order chi connectivity index (χ1) is 7.50. The normalized spacial score (nSPS) is 10.6. The summed E-state index contributed by atoms with van der Waals surface area (Å²) in [5.74, 6) is -0.313. The molecule has 0 radical (unpaired) electrons. The topological polar surface area (TPSA) is 29.1 Å². The third-order valence-electron chi connectivity index (χ3n) is 2.17. The molecule has 1 N–H and O–H groups in total. The summed E-state index contributed by atoms with van der Waals surface area (Å²) in [5.41, 5.74) is 0.140. The number of rotatable bonds is 4. The van der Waals surface area contributed by atoms with Gasteiger partial charge in [-0.05, 0) is 24.5 Å². The molecule has 0 spiro atoms. The zero-order valence-corrected chi connectivity index (χ0v) is 10.1. The summed E-state index contributed by atoms with van der Waals surface area (Å²) in [4.78, 5) is 11.5. The van der Waals surface area contributed by atoms with Crippen molar-refractivity contribution in [3.05, 3.63) is 29.0 Å². The molecule has 16 heavy (non-hydrogen) atoms. The lowest BCUT2D eigenvalue weighted by molar-refractivity contribution is -0.116. The fraction of sp³-hybridized carbons (Fsp3) is 0.417. The van der Waals surface area contributed by atoms with E-state index in [1.165, 1.54) is 12.1 Å². The predicted molar refractivity (Wildman–Crippen MR) is 64.1 cm³/mol. The van der Waals surface area contributed by atoms with Crippen LogP contribution in [0.15, 0.2) is 18.2 Å². The van der Waals surface area contributed by atoms with Gasteiger partial charge >= 0.3 is 0 Å². The molecule has 0 fully saturated rings. The van der Waals surface area contributed by atoms with E-state index >= 15 is 0 Å². The number of halogens is 2. The summed E-state index contributed by atoms with van der Waals surface area (Å²) >= 11 is 5.60. The molecule has 0 aliphatic carbocycles. The number of hydrogen-bond acceptors (Lipinski definition) is 1. The second kappa shape index (κ2) is 5.85. The average molecular weight is 244 g/mol. The van der Waals surface area contributed by atoms with E-state index < -0.39 is 5.82 Å². The Morgan fingerprint density at radius 1 is 1.50 bits per heavy atom. The Labute approximate surface area is 99.8 Å². The molecule has 2 nitrogen and oxygen atoms in total. The lowest BCUT2D eigenvalue weighted by atomic mass is 10.1. The molecule has 0 saturated heterocycles. The summed E-state index contributed by atoms with van der Waals surface area (Å²) in [6, 6.07) is 4.54. The van der Waals surface area contributed by atoms with Gasteiger partial charge in [-0.3, -0.25) is 4.79 Å². The van der Waals surface area contributed by atoms with Gasteiger partial charge in [0.05, 0.1) is 10.7 Å². The first-order valence-corrected chi connectivity index (χ1v) is 5.62. The summed E-state index contributed by atoms with van der Waals surface area (Å²) < 4.78 is 13.4. The van der Waals surface area contributed by atoms with Crippen LogP contribution in [0.2, 0.25) is 5.02 Å². The average Bonchev–Trinajstić information content (AvgIpc) is 2.22. The van der Waals surface area contributed by atoms with Gasteiger partial charge < -0.3 is 5.32 Å². The van der Waals surface area contributed by atoms with Gasteiger partial charge in [0.25, 0.3) is 0 Å². The van der Waals surface area contributed by atoms with Crippen molar-refractivity contribution in [3.63, 3.8) is 0 Å².